The second-order valence-corrected chi connectivity index (χ2v) is 4.66. The van der Waals surface area contributed by atoms with Crippen molar-refractivity contribution in [2.24, 2.45) is 0 Å². The van der Waals surface area contributed by atoms with Crippen molar-refractivity contribution in [2.75, 3.05) is 6.54 Å². The van der Waals surface area contributed by atoms with Gasteiger partial charge in [0.25, 0.3) is 5.91 Å². The van der Waals surface area contributed by atoms with Gasteiger partial charge in [-0.25, -0.2) is 8.78 Å². The monoisotopic (exact) mass is 295 g/mol. The molecule has 0 unspecified atom stereocenters. The Morgan fingerprint density at radius 1 is 1.10 bits per heavy atom. The number of halogens is 3. The number of carbonyl (C=O) groups is 1. The quantitative estimate of drug-likeness (QED) is 0.917. The smallest absolute Gasteiger partial charge is 0.254 e. The van der Waals surface area contributed by atoms with Gasteiger partial charge in [-0.2, -0.15) is 0 Å². The standard InChI is InChI=1S/C15H12ClF2NO/c16-11-5-6-14(18)12(9-11)15(20)19-8-7-10-3-1-2-4-13(10)17/h1-6,9H,7-8H2,(H,19,20). The first kappa shape index (κ1) is 14.5. The van der Waals surface area contributed by atoms with Gasteiger partial charge in [-0.1, -0.05) is 29.8 Å². The third-order valence-electron chi connectivity index (χ3n) is 2.81. The summed E-state index contributed by atoms with van der Waals surface area (Å²) in [7, 11) is 0. The molecule has 0 heterocycles. The van der Waals surface area contributed by atoms with Crippen molar-refractivity contribution in [1.82, 2.24) is 5.32 Å². The van der Waals surface area contributed by atoms with E-state index in [9.17, 15) is 13.6 Å². The van der Waals surface area contributed by atoms with Crippen molar-refractivity contribution in [3.05, 3.63) is 70.2 Å². The van der Waals surface area contributed by atoms with Gasteiger partial charge < -0.3 is 5.32 Å². The van der Waals surface area contributed by atoms with Crippen LogP contribution in [0.2, 0.25) is 5.02 Å². The molecule has 0 radical (unpaired) electrons. The van der Waals surface area contributed by atoms with Crippen LogP contribution < -0.4 is 5.32 Å². The normalized spacial score (nSPS) is 10.3. The molecule has 5 heteroatoms. The second-order valence-electron chi connectivity index (χ2n) is 4.22. The Morgan fingerprint density at radius 3 is 2.60 bits per heavy atom. The van der Waals surface area contributed by atoms with E-state index in [0.29, 0.717) is 12.0 Å². The first-order valence-corrected chi connectivity index (χ1v) is 6.42. The molecule has 2 nitrogen and oxygen atoms in total. The Balaban J connectivity index is 1.96. The van der Waals surface area contributed by atoms with Crippen molar-refractivity contribution < 1.29 is 13.6 Å². The number of carbonyl (C=O) groups excluding carboxylic acids is 1. The number of hydrogen-bond donors (Lipinski definition) is 1. The van der Waals surface area contributed by atoms with Gasteiger partial charge in [-0.05, 0) is 36.2 Å². The topological polar surface area (TPSA) is 29.1 Å². The molecule has 0 aliphatic rings. The minimum Gasteiger partial charge on any atom is -0.352 e. The van der Waals surface area contributed by atoms with E-state index in [4.69, 9.17) is 11.6 Å². The van der Waals surface area contributed by atoms with E-state index in [2.05, 4.69) is 5.32 Å². The Kier molecular flexibility index (Phi) is 4.69. The minimum absolute atomic E-state index is 0.119. The van der Waals surface area contributed by atoms with Crippen LogP contribution in [0.25, 0.3) is 0 Å². The van der Waals surface area contributed by atoms with Gasteiger partial charge in [0.15, 0.2) is 0 Å². The van der Waals surface area contributed by atoms with Crippen molar-refractivity contribution in [3.8, 4) is 0 Å². The molecule has 1 amide bonds. The second kappa shape index (κ2) is 6.48. The lowest BCUT2D eigenvalue weighted by Gasteiger charge is -2.07. The van der Waals surface area contributed by atoms with Gasteiger partial charge in [0.2, 0.25) is 0 Å². The van der Waals surface area contributed by atoms with Gasteiger partial charge in [0.05, 0.1) is 5.56 Å². The number of benzene rings is 2. The first-order valence-electron chi connectivity index (χ1n) is 6.04. The molecule has 2 rings (SSSR count). The van der Waals surface area contributed by atoms with Gasteiger partial charge >= 0.3 is 0 Å². The molecule has 0 saturated heterocycles. The molecule has 0 aromatic heterocycles. The molecule has 0 fully saturated rings. The van der Waals surface area contributed by atoms with Crippen LogP contribution in [0.3, 0.4) is 0 Å². The number of nitrogens with one attached hydrogen (secondary N) is 1. The van der Waals surface area contributed by atoms with Crippen LogP contribution in [0, 0.1) is 11.6 Å². The molecular weight excluding hydrogens is 284 g/mol. The Bertz CT molecular complexity index is 631. The first-order chi connectivity index (χ1) is 9.58. The fourth-order valence-electron chi connectivity index (χ4n) is 1.78. The predicted octanol–water partition coefficient (Wildman–Crippen LogP) is 3.59. The molecule has 20 heavy (non-hydrogen) atoms. The molecule has 0 bridgehead atoms. The fraction of sp³-hybridized carbons (Fsp3) is 0.133. The lowest BCUT2D eigenvalue weighted by molar-refractivity contribution is 0.0950. The van der Waals surface area contributed by atoms with E-state index in [-0.39, 0.29) is 22.9 Å². The van der Waals surface area contributed by atoms with E-state index in [0.717, 1.165) is 6.07 Å². The minimum atomic E-state index is -0.641. The highest BCUT2D eigenvalue weighted by atomic mass is 35.5. The molecule has 2 aromatic carbocycles. The lowest BCUT2D eigenvalue weighted by Crippen LogP contribution is -2.26. The van der Waals surface area contributed by atoms with Gasteiger partial charge in [0, 0.05) is 11.6 Å². The van der Waals surface area contributed by atoms with E-state index in [1.807, 2.05) is 0 Å². The van der Waals surface area contributed by atoms with Crippen LogP contribution in [0.5, 0.6) is 0 Å². The summed E-state index contributed by atoms with van der Waals surface area (Å²) in [6, 6.07) is 10.1. The summed E-state index contributed by atoms with van der Waals surface area (Å²) in [6.45, 7) is 0.214. The zero-order valence-electron chi connectivity index (χ0n) is 10.5. The van der Waals surface area contributed by atoms with E-state index < -0.39 is 11.7 Å². The maximum atomic E-state index is 13.5. The van der Waals surface area contributed by atoms with Crippen LogP contribution in [-0.4, -0.2) is 12.5 Å². The third-order valence-corrected chi connectivity index (χ3v) is 3.05. The lowest BCUT2D eigenvalue weighted by atomic mass is 10.1. The van der Waals surface area contributed by atoms with Crippen molar-refractivity contribution in [2.45, 2.75) is 6.42 Å². The molecule has 0 aliphatic carbocycles. The fourth-order valence-corrected chi connectivity index (χ4v) is 1.95. The number of rotatable bonds is 4. The summed E-state index contributed by atoms with van der Waals surface area (Å²) < 4.78 is 26.8. The zero-order valence-corrected chi connectivity index (χ0v) is 11.3. The highest BCUT2D eigenvalue weighted by Gasteiger charge is 2.12. The Hall–Kier alpha value is -1.94. The van der Waals surface area contributed by atoms with Crippen molar-refractivity contribution in [3.63, 3.8) is 0 Å². The SMILES string of the molecule is O=C(NCCc1ccccc1F)c1cc(Cl)ccc1F. The van der Waals surface area contributed by atoms with Crippen LogP contribution in [-0.2, 0) is 6.42 Å². The molecule has 2 aromatic rings. The molecule has 0 aliphatic heterocycles. The van der Waals surface area contributed by atoms with Crippen LogP contribution in [0.4, 0.5) is 8.78 Å². The van der Waals surface area contributed by atoms with Crippen LogP contribution in [0.1, 0.15) is 15.9 Å². The maximum absolute atomic E-state index is 13.5. The summed E-state index contributed by atoms with van der Waals surface area (Å²) in [5, 5.41) is 2.82. The van der Waals surface area contributed by atoms with Crippen LogP contribution >= 0.6 is 11.6 Å². The molecular formula is C15H12ClF2NO. The average molecular weight is 296 g/mol. The predicted molar refractivity (Wildman–Crippen MR) is 73.8 cm³/mol. The molecule has 1 N–H and O–H groups in total. The summed E-state index contributed by atoms with van der Waals surface area (Å²) >= 11 is 5.72. The summed E-state index contributed by atoms with van der Waals surface area (Å²) in [5.74, 6) is -1.53. The molecule has 0 atom stereocenters. The largest absolute Gasteiger partial charge is 0.352 e. The number of amides is 1. The highest BCUT2D eigenvalue weighted by Crippen LogP contribution is 2.14. The van der Waals surface area contributed by atoms with E-state index in [1.165, 1.54) is 18.2 Å². The van der Waals surface area contributed by atoms with Gasteiger partial charge in [-0.15, -0.1) is 0 Å². The molecule has 0 saturated carbocycles. The van der Waals surface area contributed by atoms with Crippen LogP contribution in [0.15, 0.2) is 42.5 Å². The van der Waals surface area contributed by atoms with Crippen molar-refractivity contribution in [1.29, 1.82) is 0 Å². The summed E-state index contributed by atoms with van der Waals surface area (Å²) in [6.07, 6.45) is 0.334. The van der Waals surface area contributed by atoms with Gasteiger partial charge in [-0.3, -0.25) is 4.79 Å². The van der Waals surface area contributed by atoms with Gasteiger partial charge in [0.1, 0.15) is 11.6 Å². The molecule has 104 valence electrons. The Labute approximate surface area is 120 Å². The average Bonchev–Trinajstić information content (AvgIpc) is 2.43. The third kappa shape index (κ3) is 3.54. The number of hydrogen-bond acceptors (Lipinski definition) is 1. The van der Waals surface area contributed by atoms with E-state index >= 15 is 0 Å². The van der Waals surface area contributed by atoms with E-state index in [1.54, 1.807) is 18.2 Å². The highest BCUT2D eigenvalue weighted by molar-refractivity contribution is 6.30. The summed E-state index contributed by atoms with van der Waals surface area (Å²) in [5.41, 5.74) is 0.380. The Morgan fingerprint density at radius 2 is 1.85 bits per heavy atom. The molecule has 0 spiro atoms. The summed E-state index contributed by atoms with van der Waals surface area (Å²) in [4.78, 5) is 11.8. The maximum Gasteiger partial charge on any atom is 0.254 e. The zero-order chi connectivity index (χ0) is 14.5. The van der Waals surface area contributed by atoms with Crippen molar-refractivity contribution >= 4 is 17.5 Å².